The molecule has 2 aliphatic rings. The second-order valence-electron chi connectivity index (χ2n) is 4.80. The van der Waals surface area contributed by atoms with E-state index in [0.29, 0.717) is 6.54 Å². The predicted molar refractivity (Wildman–Crippen MR) is 57.5 cm³/mol. The van der Waals surface area contributed by atoms with Gasteiger partial charge in [0.2, 0.25) is 5.91 Å². The highest BCUT2D eigenvalue weighted by Crippen LogP contribution is 2.28. The number of nitrogens with one attached hydrogen (secondary N) is 2. The topological polar surface area (TPSA) is 61.4 Å². The number of carbonyl (C=O) groups is 1. The van der Waals surface area contributed by atoms with E-state index in [-0.39, 0.29) is 11.9 Å². The van der Waals surface area contributed by atoms with Crippen molar-refractivity contribution in [1.29, 1.82) is 0 Å². The third-order valence-electron chi connectivity index (χ3n) is 3.50. The lowest BCUT2D eigenvalue weighted by atomic mass is 10.0. The normalized spacial score (nSPS) is 29.3. The van der Waals surface area contributed by atoms with Crippen LogP contribution in [-0.4, -0.2) is 35.7 Å². The molecule has 1 heterocycles. The minimum absolute atomic E-state index is 0.0324. The van der Waals surface area contributed by atoms with Crippen molar-refractivity contribution in [3.05, 3.63) is 0 Å². The molecule has 1 saturated carbocycles. The van der Waals surface area contributed by atoms with Crippen molar-refractivity contribution in [1.82, 2.24) is 10.6 Å². The van der Waals surface area contributed by atoms with Gasteiger partial charge < -0.3 is 15.7 Å². The van der Waals surface area contributed by atoms with Gasteiger partial charge in [0, 0.05) is 6.54 Å². The molecular formula is C11H20N2O2. The zero-order valence-electron chi connectivity index (χ0n) is 9.09. The van der Waals surface area contributed by atoms with Crippen molar-refractivity contribution in [2.24, 2.45) is 0 Å². The Morgan fingerprint density at radius 1 is 1.40 bits per heavy atom. The Bertz CT molecular complexity index is 231. The number of aliphatic hydroxyl groups is 1. The minimum Gasteiger partial charge on any atom is -0.388 e. The van der Waals surface area contributed by atoms with Crippen LogP contribution in [0.3, 0.4) is 0 Å². The van der Waals surface area contributed by atoms with Crippen LogP contribution in [0.15, 0.2) is 0 Å². The highest BCUT2D eigenvalue weighted by atomic mass is 16.3. The molecule has 0 bridgehead atoms. The zero-order valence-corrected chi connectivity index (χ0v) is 9.09. The van der Waals surface area contributed by atoms with Crippen LogP contribution < -0.4 is 10.6 Å². The standard InChI is InChI=1S/C11H20N2O2/c14-10(9-4-3-7-12-9)13-8-11(15)5-1-2-6-11/h9,12,15H,1-8H2,(H,13,14). The van der Waals surface area contributed by atoms with Crippen molar-refractivity contribution < 1.29 is 9.90 Å². The van der Waals surface area contributed by atoms with E-state index in [1.807, 2.05) is 0 Å². The van der Waals surface area contributed by atoms with E-state index in [1.165, 1.54) is 0 Å². The quantitative estimate of drug-likeness (QED) is 0.624. The van der Waals surface area contributed by atoms with Gasteiger partial charge in [-0.2, -0.15) is 0 Å². The Morgan fingerprint density at radius 2 is 2.13 bits per heavy atom. The lowest BCUT2D eigenvalue weighted by Crippen LogP contribution is -2.47. The van der Waals surface area contributed by atoms with Crippen LogP contribution in [0.25, 0.3) is 0 Å². The highest BCUT2D eigenvalue weighted by molar-refractivity contribution is 5.82. The number of hydrogen-bond acceptors (Lipinski definition) is 3. The molecule has 2 fully saturated rings. The first-order valence-electron chi connectivity index (χ1n) is 5.93. The summed E-state index contributed by atoms with van der Waals surface area (Å²) in [5, 5.41) is 16.1. The molecule has 86 valence electrons. The molecule has 0 aromatic rings. The molecule has 3 N–H and O–H groups in total. The predicted octanol–water partition coefficient (Wildman–Crippen LogP) is 0.160. The van der Waals surface area contributed by atoms with Crippen LogP contribution in [0.5, 0.6) is 0 Å². The van der Waals surface area contributed by atoms with Gasteiger partial charge in [0.15, 0.2) is 0 Å². The fraction of sp³-hybridized carbons (Fsp3) is 0.909. The monoisotopic (exact) mass is 212 g/mol. The van der Waals surface area contributed by atoms with Crippen molar-refractivity contribution in [2.75, 3.05) is 13.1 Å². The lowest BCUT2D eigenvalue weighted by Gasteiger charge is -2.23. The summed E-state index contributed by atoms with van der Waals surface area (Å²) >= 11 is 0. The Morgan fingerprint density at radius 3 is 2.73 bits per heavy atom. The summed E-state index contributed by atoms with van der Waals surface area (Å²) in [6.07, 6.45) is 5.80. The maximum absolute atomic E-state index is 11.7. The fourth-order valence-corrected chi connectivity index (χ4v) is 2.49. The van der Waals surface area contributed by atoms with Gasteiger partial charge in [0.1, 0.15) is 0 Å². The molecule has 4 nitrogen and oxygen atoms in total. The number of hydrogen-bond donors (Lipinski definition) is 3. The molecule has 1 aliphatic heterocycles. The molecular weight excluding hydrogens is 192 g/mol. The van der Waals surface area contributed by atoms with E-state index in [0.717, 1.165) is 45.1 Å². The first kappa shape index (κ1) is 10.9. The summed E-state index contributed by atoms with van der Waals surface area (Å²) in [6, 6.07) is -0.0324. The maximum Gasteiger partial charge on any atom is 0.237 e. The van der Waals surface area contributed by atoms with E-state index < -0.39 is 5.60 Å². The lowest BCUT2D eigenvalue weighted by molar-refractivity contribution is -0.124. The van der Waals surface area contributed by atoms with E-state index in [2.05, 4.69) is 10.6 Å². The molecule has 0 radical (unpaired) electrons. The fourth-order valence-electron chi connectivity index (χ4n) is 2.49. The molecule has 2 rings (SSSR count). The first-order valence-corrected chi connectivity index (χ1v) is 5.93. The summed E-state index contributed by atoms with van der Waals surface area (Å²) in [4.78, 5) is 11.7. The van der Waals surface area contributed by atoms with Gasteiger partial charge in [0.25, 0.3) is 0 Å². The molecule has 0 aromatic carbocycles. The summed E-state index contributed by atoms with van der Waals surface area (Å²) < 4.78 is 0. The molecule has 1 amide bonds. The molecule has 1 atom stereocenters. The third-order valence-corrected chi connectivity index (χ3v) is 3.50. The summed E-state index contributed by atoms with van der Waals surface area (Å²) in [5.74, 6) is 0.0489. The van der Waals surface area contributed by atoms with Gasteiger partial charge in [-0.3, -0.25) is 4.79 Å². The largest absolute Gasteiger partial charge is 0.388 e. The van der Waals surface area contributed by atoms with Crippen LogP contribution in [0.2, 0.25) is 0 Å². The second kappa shape index (κ2) is 4.49. The van der Waals surface area contributed by atoms with Crippen molar-refractivity contribution in [3.8, 4) is 0 Å². The van der Waals surface area contributed by atoms with E-state index in [4.69, 9.17) is 0 Å². The second-order valence-corrected chi connectivity index (χ2v) is 4.80. The Balaban J connectivity index is 1.74. The third kappa shape index (κ3) is 2.69. The van der Waals surface area contributed by atoms with Gasteiger partial charge >= 0.3 is 0 Å². The minimum atomic E-state index is -0.631. The van der Waals surface area contributed by atoms with Gasteiger partial charge in [-0.15, -0.1) is 0 Å². The first-order chi connectivity index (χ1) is 7.20. The molecule has 1 saturated heterocycles. The van der Waals surface area contributed by atoms with E-state index in [1.54, 1.807) is 0 Å². The smallest absolute Gasteiger partial charge is 0.237 e. The number of rotatable bonds is 3. The van der Waals surface area contributed by atoms with E-state index >= 15 is 0 Å². The maximum atomic E-state index is 11.7. The molecule has 15 heavy (non-hydrogen) atoms. The zero-order chi connectivity index (χ0) is 10.7. The van der Waals surface area contributed by atoms with Crippen LogP contribution >= 0.6 is 0 Å². The Kier molecular flexibility index (Phi) is 3.26. The SMILES string of the molecule is O=C(NCC1(O)CCCC1)C1CCCN1. The van der Waals surface area contributed by atoms with Crippen LogP contribution in [-0.2, 0) is 4.79 Å². The van der Waals surface area contributed by atoms with Crippen molar-refractivity contribution in [3.63, 3.8) is 0 Å². The van der Waals surface area contributed by atoms with Crippen LogP contribution in [0, 0.1) is 0 Å². The summed E-state index contributed by atoms with van der Waals surface area (Å²) in [7, 11) is 0. The molecule has 0 aromatic heterocycles. The molecule has 1 aliphatic carbocycles. The van der Waals surface area contributed by atoms with Gasteiger partial charge in [-0.05, 0) is 32.2 Å². The highest BCUT2D eigenvalue weighted by Gasteiger charge is 2.32. The summed E-state index contributed by atoms with van der Waals surface area (Å²) in [5.41, 5.74) is -0.631. The van der Waals surface area contributed by atoms with Crippen LogP contribution in [0.1, 0.15) is 38.5 Å². The Labute approximate surface area is 90.4 Å². The molecule has 1 unspecified atom stereocenters. The molecule has 0 spiro atoms. The van der Waals surface area contributed by atoms with Gasteiger partial charge in [-0.1, -0.05) is 12.8 Å². The Hall–Kier alpha value is -0.610. The number of carbonyl (C=O) groups excluding carboxylic acids is 1. The van der Waals surface area contributed by atoms with Gasteiger partial charge in [0.05, 0.1) is 11.6 Å². The average molecular weight is 212 g/mol. The van der Waals surface area contributed by atoms with Crippen LogP contribution in [0.4, 0.5) is 0 Å². The van der Waals surface area contributed by atoms with Crippen molar-refractivity contribution in [2.45, 2.75) is 50.2 Å². The van der Waals surface area contributed by atoms with Crippen molar-refractivity contribution >= 4 is 5.91 Å². The van der Waals surface area contributed by atoms with E-state index in [9.17, 15) is 9.90 Å². The van der Waals surface area contributed by atoms with Gasteiger partial charge in [-0.25, -0.2) is 0 Å². The average Bonchev–Trinajstić information content (AvgIpc) is 2.85. The summed E-state index contributed by atoms with van der Waals surface area (Å²) in [6.45, 7) is 1.35. The molecule has 4 heteroatoms. The number of amides is 1.